The van der Waals surface area contributed by atoms with Gasteiger partial charge in [-0.3, -0.25) is 0 Å². The zero-order chi connectivity index (χ0) is 40.8. The van der Waals surface area contributed by atoms with Crippen LogP contribution < -0.4 is 37.9 Å². The van der Waals surface area contributed by atoms with Crippen LogP contribution in [0.15, 0.2) is 72.8 Å². The fourth-order valence-corrected chi connectivity index (χ4v) is 5.03. The van der Waals surface area contributed by atoms with E-state index in [1.54, 1.807) is 24.3 Å². The van der Waals surface area contributed by atoms with Crippen molar-refractivity contribution in [3.05, 3.63) is 95.1 Å². The number of hydrogen-bond acceptors (Lipinski definition) is 16. The molecule has 16 heteroatoms. The Kier molecular flexibility index (Phi) is 15.0. The lowest BCUT2D eigenvalue weighted by atomic mass is 10.1. The molecule has 0 aromatic heterocycles. The highest BCUT2D eigenvalue weighted by Gasteiger charge is 2.34. The van der Waals surface area contributed by atoms with E-state index in [2.05, 4.69) is 0 Å². The van der Waals surface area contributed by atoms with E-state index in [-0.39, 0.29) is 45.3 Å². The van der Waals surface area contributed by atoms with Gasteiger partial charge in [0.1, 0.15) is 59.2 Å². The Labute approximate surface area is 322 Å². The number of carbonyl (C=O) groups excluding carboxylic acids is 4. The lowest BCUT2D eigenvalue weighted by Gasteiger charge is -2.27. The van der Waals surface area contributed by atoms with Gasteiger partial charge in [-0.2, -0.15) is 0 Å². The largest absolute Gasteiger partial charge is 0.497 e. The second kappa shape index (κ2) is 20.0. The van der Waals surface area contributed by atoms with Crippen molar-refractivity contribution >= 4 is 23.9 Å². The van der Waals surface area contributed by atoms with Gasteiger partial charge in [0.15, 0.2) is 12.2 Å². The second-order valence-electron chi connectivity index (χ2n) is 11.5. The van der Waals surface area contributed by atoms with Crippen molar-refractivity contribution in [3.63, 3.8) is 0 Å². The topological polar surface area (TPSA) is 179 Å². The molecule has 0 bridgehead atoms. The first-order valence-electron chi connectivity index (χ1n) is 16.7. The van der Waals surface area contributed by atoms with Crippen LogP contribution in [-0.2, 0) is 18.9 Å². The van der Waals surface area contributed by atoms with Gasteiger partial charge in [0.2, 0.25) is 0 Å². The summed E-state index contributed by atoms with van der Waals surface area (Å²) in [4.78, 5) is 54.4. The van der Waals surface area contributed by atoms with Crippen molar-refractivity contribution in [3.8, 4) is 46.0 Å². The van der Waals surface area contributed by atoms with Crippen molar-refractivity contribution in [2.24, 2.45) is 0 Å². The van der Waals surface area contributed by atoms with Gasteiger partial charge in [0, 0.05) is 24.3 Å². The average molecular weight is 779 g/mol. The van der Waals surface area contributed by atoms with Crippen LogP contribution in [-0.4, -0.2) is 106 Å². The van der Waals surface area contributed by atoms with E-state index in [1.807, 2.05) is 0 Å². The zero-order valence-electron chi connectivity index (χ0n) is 32.0. The third kappa shape index (κ3) is 11.1. The average Bonchev–Trinajstić information content (AvgIpc) is 3.24. The summed E-state index contributed by atoms with van der Waals surface area (Å²) in [5.74, 6) is -1.41. The molecule has 0 amide bonds. The van der Waals surface area contributed by atoms with E-state index in [1.165, 1.54) is 105 Å². The third-order valence-electron chi connectivity index (χ3n) is 8.04. The molecule has 0 saturated carbocycles. The number of hydrogen-bond donors (Lipinski definition) is 0. The molecule has 0 aliphatic rings. The summed E-state index contributed by atoms with van der Waals surface area (Å²) in [5.41, 5.74) is -0.00488. The highest BCUT2D eigenvalue weighted by Crippen LogP contribution is 2.28. The lowest BCUT2D eigenvalue weighted by Crippen LogP contribution is -2.42. The predicted octanol–water partition coefficient (Wildman–Crippen LogP) is 5.22. The Hall–Kier alpha value is -6.84. The summed E-state index contributed by atoms with van der Waals surface area (Å²) in [6.45, 7) is -1.40. The lowest BCUT2D eigenvalue weighted by molar-refractivity contribution is -0.0753. The molecule has 0 spiro atoms. The molecule has 0 fully saturated rings. The predicted molar refractivity (Wildman–Crippen MR) is 197 cm³/mol. The summed E-state index contributed by atoms with van der Waals surface area (Å²) >= 11 is 0. The van der Waals surface area contributed by atoms with Crippen molar-refractivity contribution in [2.45, 2.75) is 12.2 Å². The molecule has 0 aliphatic heterocycles. The van der Waals surface area contributed by atoms with Gasteiger partial charge in [0.25, 0.3) is 0 Å². The fraction of sp³-hybridized carbons (Fsp3) is 0.300. The van der Waals surface area contributed by atoms with Gasteiger partial charge >= 0.3 is 23.9 Å². The first kappa shape index (κ1) is 41.9. The minimum absolute atomic E-state index is 0.0271. The van der Waals surface area contributed by atoms with Crippen molar-refractivity contribution < 1.29 is 76.0 Å². The molecule has 0 saturated heterocycles. The van der Waals surface area contributed by atoms with Gasteiger partial charge in [0.05, 0.1) is 79.1 Å². The molecule has 4 aromatic rings. The summed E-state index contributed by atoms with van der Waals surface area (Å²) in [5, 5.41) is 0. The van der Waals surface area contributed by atoms with Crippen molar-refractivity contribution in [1.29, 1.82) is 0 Å². The Bertz CT molecular complexity index is 1780. The van der Waals surface area contributed by atoms with Gasteiger partial charge in [-0.25, -0.2) is 19.2 Å². The summed E-state index contributed by atoms with van der Waals surface area (Å²) in [6, 6.07) is 17.4. The first-order chi connectivity index (χ1) is 27.0. The highest BCUT2D eigenvalue weighted by molar-refractivity contribution is 5.93. The van der Waals surface area contributed by atoms with Crippen LogP contribution in [0, 0.1) is 0 Å². The molecule has 2 unspecified atom stereocenters. The smallest absolute Gasteiger partial charge is 0.338 e. The zero-order valence-corrected chi connectivity index (χ0v) is 32.0. The van der Waals surface area contributed by atoms with Crippen LogP contribution in [0.4, 0.5) is 0 Å². The van der Waals surface area contributed by atoms with Crippen molar-refractivity contribution in [1.82, 2.24) is 0 Å². The van der Waals surface area contributed by atoms with E-state index in [9.17, 15) is 19.2 Å². The number of carbonyl (C=O) groups is 4. The number of methoxy groups -OCH3 is 8. The van der Waals surface area contributed by atoms with Gasteiger partial charge in [-0.1, -0.05) is 0 Å². The Morgan fingerprint density at radius 1 is 0.339 bits per heavy atom. The Balaban J connectivity index is 1.75. The molecule has 0 radical (unpaired) electrons. The van der Waals surface area contributed by atoms with Crippen LogP contribution in [0.2, 0.25) is 0 Å². The molecule has 56 heavy (non-hydrogen) atoms. The maximum atomic E-state index is 13.8. The first-order valence-corrected chi connectivity index (χ1v) is 16.7. The van der Waals surface area contributed by atoms with E-state index >= 15 is 0 Å². The highest BCUT2D eigenvalue weighted by atomic mass is 16.6. The van der Waals surface area contributed by atoms with Gasteiger partial charge in [-0.15, -0.1) is 0 Å². The summed E-state index contributed by atoms with van der Waals surface area (Å²) in [7, 11) is 11.2. The summed E-state index contributed by atoms with van der Waals surface area (Å²) in [6.07, 6.45) is -3.19. The minimum Gasteiger partial charge on any atom is -0.497 e. The number of benzene rings is 4. The van der Waals surface area contributed by atoms with Crippen LogP contribution in [0.3, 0.4) is 0 Å². The molecule has 0 aliphatic carbocycles. The van der Waals surface area contributed by atoms with Crippen LogP contribution in [0.5, 0.6) is 46.0 Å². The molecule has 0 N–H and O–H groups in total. The van der Waals surface area contributed by atoms with Crippen LogP contribution in [0.25, 0.3) is 0 Å². The maximum absolute atomic E-state index is 13.8. The monoisotopic (exact) mass is 778 g/mol. The number of rotatable bonds is 19. The van der Waals surface area contributed by atoms with Crippen LogP contribution >= 0.6 is 0 Å². The molecular weight excluding hydrogens is 736 g/mol. The molecular formula is C40H42O16. The molecule has 16 nitrogen and oxygen atoms in total. The SMILES string of the molecule is COc1cc(OC)cc(C(=O)OCC(OC(=O)c2cc(OC)cc(OC)c2)C(COC(=O)c2cc(OC)cc(OC)c2)OC(=O)c2cc(OC)cc(OC)c2)c1. The number of esters is 4. The minimum atomic E-state index is -1.60. The summed E-state index contributed by atoms with van der Waals surface area (Å²) < 4.78 is 65.3. The van der Waals surface area contributed by atoms with Crippen LogP contribution in [0.1, 0.15) is 41.4 Å². The quantitative estimate of drug-likeness (QED) is 0.0893. The van der Waals surface area contributed by atoms with Crippen molar-refractivity contribution in [2.75, 3.05) is 70.1 Å². The van der Waals surface area contributed by atoms with E-state index in [4.69, 9.17) is 56.8 Å². The van der Waals surface area contributed by atoms with E-state index in [0.29, 0.717) is 23.0 Å². The maximum Gasteiger partial charge on any atom is 0.338 e. The number of ether oxygens (including phenoxy) is 12. The van der Waals surface area contributed by atoms with E-state index < -0.39 is 49.3 Å². The second-order valence-corrected chi connectivity index (χ2v) is 11.5. The normalized spacial score (nSPS) is 11.5. The fourth-order valence-electron chi connectivity index (χ4n) is 5.03. The Morgan fingerprint density at radius 3 is 0.732 bits per heavy atom. The van der Waals surface area contributed by atoms with Gasteiger partial charge < -0.3 is 56.8 Å². The molecule has 0 heterocycles. The molecule has 4 rings (SSSR count). The molecule has 4 aromatic carbocycles. The molecule has 2 atom stereocenters. The molecule has 298 valence electrons. The van der Waals surface area contributed by atoms with Gasteiger partial charge in [-0.05, 0) is 48.5 Å². The standard InChI is InChI=1S/C40H42O16/c1-45-27-9-23(10-28(17-27)46-2)37(41)53-21-35(55-39(43)25-13-31(49-5)19-32(14-25)50-6)36(56-40(44)26-15-33(51-7)20-34(16-26)52-8)22-54-38(42)24-11-29(47-3)18-30(12-24)48-4/h9-20,35-36H,21-22H2,1-8H3. The Morgan fingerprint density at radius 2 is 0.536 bits per heavy atom. The van der Waals surface area contributed by atoms with E-state index in [0.717, 1.165) is 0 Å². The third-order valence-corrected chi connectivity index (χ3v) is 8.04.